The van der Waals surface area contributed by atoms with Gasteiger partial charge in [-0.1, -0.05) is 34.6 Å². The molecule has 10 heteroatoms. The second kappa shape index (κ2) is 15.9. The van der Waals surface area contributed by atoms with Crippen molar-refractivity contribution < 1.29 is 28.3 Å². The average molecular weight is 593 g/mol. The smallest absolute Gasteiger partial charge is 0.373 e. The number of rotatable bonds is 7. The lowest BCUT2D eigenvalue weighted by Crippen LogP contribution is -2.09. The van der Waals surface area contributed by atoms with Gasteiger partial charge in [0.2, 0.25) is 11.1 Å². The van der Waals surface area contributed by atoms with Crippen molar-refractivity contribution in [3.05, 3.63) is 116 Å². The highest BCUT2D eigenvalue weighted by molar-refractivity contribution is 5.78. The summed E-state index contributed by atoms with van der Waals surface area (Å²) in [5.41, 5.74) is 5.37. The number of carbonyl (C=O) groups excluding carboxylic acids is 2. The maximum absolute atomic E-state index is 13.9. The van der Waals surface area contributed by atoms with Gasteiger partial charge in [-0.2, -0.15) is 9.59 Å². The van der Waals surface area contributed by atoms with Gasteiger partial charge in [0.1, 0.15) is 11.6 Å². The van der Waals surface area contributed by atoms with Crippen LogP contribution in [-0.4, -0.2) is 27.2 Å². The molecule has 0 unspecified atom stereocenters. The van der Waals surface area contributed by atoms with Crippen LogP contribution in [-0.2, 0) is 27.2 Å². The molecule has 2 heterocycles. The minimum absolute atomic E-state index is 0.0178. The number of aromatic nitrogens is 2. The fraction of sp³-hybridized carbons (Fsp3) is 0.273. The van der Waals surface area contributed by atoms with E-state index in [2.05, 4.69) is 30.7 Å². The number of aromatic amines is 2. The quantitative estimate of drug-likeness (QED) is 0.233. The van der Waals surface area contributed by atoms with Crippen molar-refractivity contribution in [2.24, 2.45) is 0 Å². The first kappa shape index (κ1) is 34.3. The Bertz CT molecular complexity index is 1720. The summed E-state index contributed by atoms with van der Waals surface area (Å²) in [6.45, 7) is 9.91. The third-order valence-corrected chi connectivity index (χ3v) is 6.60. The van der Waals surface area contributed by atoms with Crippen LogP contribution < -0.4 is 11.1 Å². The number of pyridine rings is 2. The minimum atomic E-state index is -0.991. The summed E-state index contributed by atoms with van der Waals surface area (Å²) in [5, 5.41) is 9.11. The Kier molecular flexibility index (Phi) is 12.7. The fourth-order valence-electron chi connectivity index (χ4n) is 4.83. The Labute approximate surface area is 247 Å². The predicted molar refractivity (Wildman–Crippen MR) is 159 cm³/mol. The van der Waals surface area contributed by atoms with Gasteiger partial charge >= 0.3 is 12.1 Å². The lowest BCUT2D eigenvalue weighted by Gasteiger charge is -2.16. The summed E-state index contributed by atoms with van der Waals surface area (Å²) in [5.74, 6) is -1.45. The third-order valence-electron chi connectivity index (χ3n) is 6.60. The van der Waals surface area contributed by atoms with Crippen molar-refractivity contribution in [3.63, 3.8) is 0 Å². The molecule has 4 aromatic rings. The molecule has 0 saturated carbocycles. The molecule has 43 heavy (non-hydrogen) atoms. The Morgan fingerprint density at radius 3 is 1.51 bits per heavy atom. The van der Waals surface area contributed by atoms with Crippen LogP contribution in [0.5, 0.6) is 0 Å². The molecule has 0 aliphatic heterocycles. The van der Waals surface area contributed by atoms with Gasteiger partial charge in [0.25, 0.3) is 0 Å². The first-order valence-corrected chi connectivity index (χ1v) is 13.6. The normalized spacial score (nSPS) is 10.3. The molecule has 0 fully saturated rings. The van der Waals surface area contributed by atoms with Crippen LogP contribution in [0.25, 0.3) is 22.3 Å². The summed E-state index contributed by atoms with van der Waals surface area (Å²) in [4.78, 5) is 55.3. The molecule has 3 N–H and O–H groups in total. The predicted octanol–water partition coefficient (Wildman–Crippen LogP) is 6.21. The molecule has 0 spiro atoms. The molecule has 0 aliphatic rings. The lowest BCUT2D eigenvalue weighted by molar-refractivity contribution is -0.191. The maximum Gasteiger partial charge on any atom is 0.373 e. The molecule has 0 atom stereocenters. The van der Waals surface area contributed by atoms with Crippen molar-refractivity contribution in [2.45, 2.75) is 59.3 Å². The van der Waals surface area contributed by atoms with Crippen molar-refractivity contribution in [1.82, 2.24) is 9.97 Å². The number of aliphatic carboxylic acids is 1. The second-order valence-electron chi connectivity index (χ2n) is 10.2. The van der Waals surface area contributed by atoms with Gasteiger partial charge in [-0.05, 0) is 99.2 Å². The van der Waals surface area contributed by atoms with E-state index in [-0.39, 0.29) is 41.3 Å². The molecule has 4 rings (SSSR count). The van der Waals surface area contributed by atoms with Gasteiger partial charge < -0.3 is 15.1 Å². The van der Waals surface area contributed by atoms with E-state index in [0.717, 1.165) is 28.7 Å². The maximum atomic E-state index is 13.9. The van der Waals surface area contributed by atoms with Gasteiger partial charge in [-0.3, -0.25) is 14.4 Å². The monoisotopic (exact) mass is 592 g/mol. The van der Waals surface area contributed by atoms with E-state index in [4.69, 9.17) is 14.7 Å². The summed E-state index contributed by atoms with van der Waals surface area (Å²) < 4.78 is 27.7. The molecular weight excluding hydrogens is 558 g/mol. The van der Waals surface area contributed by atoms with Crippen LogP contribution in [0.3, 0.4) is 0 Å². The van der Waals surface area contributed by atoms with Crippen LogP contribution in [0.2, 0.25) is 0 Å². The van der Waals surface area contributed by atoms with Gasteiger partial charge in [0.15, 0.2) is 0 Å². The largest absolute Gasteiger partial charge is 0.481 e. The SMILES string of the molecule is CC(C)c1cc(F)cc(-c2cc[nH]c(=O)c2)c1CC(=O)O.CCc1c(-c2cc[nH]c(=O)c2)cc(F)cc1C(C)C.O=C=O. The first-order valence-electron chi connectivity index (χ1n) is 13.6. The van der Waals surface area contributed by atoms with E-state index >= 15 is 0 Å². The van der Waals surface area contributed by atoms with E-state index in [0.29, 0.717) is 22.3 Å². The van der Waals surface area contributed by atoms with Crippen LogP contribution in [0.15, 0.2) is 70.5 Å². The summed E-state index contributed by atoms with van der Waals surface area (Å²) in [6.07, 6.45) is 3.91. The van der Waals surface area contributed by atoms with Crippen molar-refractivity contribution in [3.8, 4) is 22.3 Å². The molecule has 0 saturated heterocycles. The molecule has 0 bridgehead atoms. The number of halogens is 2. The van der Waals surface area contributed by atoms with Gasteiger partial charge in [0.05, 0.1) is 6.42 Å². The van der Waals surface area contributed by atoms with Gasteiger partial charge in [0, 0.05) is 24.5 Å². The molecular formula is C33H34F2N2O6. The second-order valence-corrected chi connectivity index (χ2v) is 10.2. The zero-order valence-electron chi connectivity index (χ0n) is 24.6. The standard InChI is InChI=1S/C16H16FNO3.C16H18FNO.CO2/c1-9(2)12-6-11(17)7-13(14(12)8-16(20)21)10-3-4-18-15(19)5-10;1-4-13-14(10(2)3)8-12(17)9-15(13)11-5-6-18-16(19)7-11;2-1-3/h3-7,9H,8H2,1-2H3,(H,18,19)(H,20,21);5-10H,4H2,1-3H3,(H,18,19);. The van der Waals surface area contributed by atoms with E-state index < -0.39 is 11.8 Å². The molecule has 0 radical (unpaired) electrons. The molecule has 8 nitrogen and oxygen atoms in total. The highest BCUT2D eigenvalue weighted by atomic mass is 19.1. The number of carbonyl (C=O) groups is 1. The molecule has 2 aromatic heterocycles. The van der Waals surface area contributed by atoms with Crippen molar-refractivity contribution >= 4 is 12.1 Å². The number of carboxylic acid groups (broad SMARTS) is 1. The zero-order valence-corrected chi connectivity index (χ0v) is 24.6. The lowest BCUT2D eigenvalue weighted by atomic mass is 9.88. The van der Waals surface area contributed by atoms with Crippen molar-refractivity contribution in [1.29, 1.82) is 0 Å². The van der Waals surface area contributed by atoms with E-state index in [1.807, 2.05) is 13.8 Å². The topological polar surface area (TPSA) is 137 Å². The summed E-state index contributed by atoms with van der Waals surface area (Å²) in [6, 6.07) is 12.0. The number of H-pyrrole nitrogens is 2. The highest BCUT2D eigenvalue weighted by Gasteiger charge is 2.18. The van der Waals surface area contributed by atoms with E-state index in [1.165, 1.54) is 36.5 Å². The Morgan fingerprint density at radius 1 is 0.767 bits per heavy atom. The van der Waals surface area contributed by atoms with E-state index in [9.17, 15) is 23.2 Å². The number of hydrogen-bond donors (Lipinski definition) is 3. The number of benzene rings is 2. The zero-order chi connectivity index (χ0) is 32.3. The van der Waals surface area contributed by atoms with Crippen molar-refractivity contribution in [2.75, 3.05) is 0 Å². The minimum Gasteiger partial charge on any atom is -0.481 e. The summed E-state index contributed by atoms with van der Waals surface area (Å²) in [7, 11) is 0. The number of hydrogen-bond acceptors (Lipinski definition) is 5. The first-order chi connectivity index (χ1) is 20.3. The molecule has 226 valence electrons. The van der Waals surface area contributed by atoms with E-state index in [1.54, 1.807) is 24.4 Å². The van der Waals surface area contributed by atoms with Crippen LogP contribution >= 0.6 is 0 Å². The molecule has 2 aromatic carbocycles. The molecule has 0 amide bonds. The Morgan fingerprint density at radius 2 is 1.16 bits per heavy atom. The number of nitrogens with one attached hydrogen (secondary N) is 2. The Balaban J connectivity index is 0.000000276. The highest BCUT2D eigenvalue weighted by Crippen LogP contribution is 2.32. The molecule has 0 aliphatic carbocycles. The average Bonchev–Trinajstić information content (AvgIpc) is 2.93. The van der Waals surface area contributed by atoms with Crippen LogP contribution in [0, 0.1) is 11.6 Å². The fourth-order valence-corrected chi connectivity index (χ4v) is 4.83. The van der Waals surface area contributed by atoms with Crippen LogP contribution in [0.1, 0.15) is 68.7 Å². The van der Waals surface area contributed by atoms with Gasteiger partial charge in [-0.15, -0.1) is 0 Å². The van der Waals surface area contributed by atoms with Crippen LogP contribution in [0.4, 0.5) is 8.78 Å². The number of carboxylic acids is 1. The third kappa shape index (κ3) is 9.55. The summed E-state index contributed by atoms with van der Waals surface area (Å²) >= 11 is 0. The van der Waals surface area contributed by atoms with Gasteiger partial charge in [-0.25, -0.2) is 8.78 Å². The Hall–Kier alpha value is -4.95.